The highest BCUT2D eigenvalue weighted by molar-refractivity contribution is 7.89. The molecule has 2 aromatic carbocycles. The first-order valence-electron chi connectivity index (χ1n) is 6.92. The predicted octanol–water partition coefficient (Wildman–Crippen LogP) is 3.29. The molecule has 0 saturated carbocycles. The number of sulfonamides is 1. The fourth-order valence-corrected chi connectivity index (χ4v) is 3.42. The zero-order chi connectivity index (χ0) is 18.1. The number of amides is 1. The minimum Gasteiger partial charge on any atom is -0.322 e. The van der Waals surface area contributed by atoms with Gasteiger partial charge >= 0.3 is 0 Å². The molecule has 0 heterocycles. The number of rotatable bonds is 4. The van der Waals surface area contributed by atoms with E-state index in [-0.39, 0.29) is 15.5 Å². The molecule has 0 radical (unpaired) electrons. The molecule has 0 aliphatic carbocycles. The minimum atomic E-state index is -3.64. The highest BCUT2D eigenvalue weighted by Gasteiger charge is 2.21. The molecule has 0 aromatic heterocycles. The van der Waals surface area contributed by atoms with Gasteiger partial charge in [-0.1, -0.05) is 17.7 Å². The van der Waals surface area contributed by atoms with E-state index >= 15 is 0 Å². The first-order chi connectivity index (χ1) is 11.1. The summed E-state index contributed by atoms with van der Waals surface area (Å²) in [6.07, 6.45) is 0. The van der Waals surface area contributed by atoms with Crippen LogP contribution in [-0.2, 0) is 10.0 Å². The van der Waals surface area contributed by atoms with Crippen molar-refractivity contribution in [1.82, 2.24) is 4.31 Å². The number of aryl methyl sites for hydroxylation is 1. The van der Waals surface area contributed by atoms with Crippen molar-refractivity contribution in [2.75, 3.05) is 19.4 Å². The largest absolute Gasteiger partial charge is 0.322 e. The number of hydrogen-bond acceptors (Lipinski definition) is 3. The van der Waals surface area contributed by atoms with Crippen LogP contribution in [0.15, 0.2) is 41.3 Å². The van der Waals surface area contributed by atoms with Gasteiger partial charge in [0.25, 0.3) is 5.91 Å². The molecule has 0 aliphatic heterocycles. The van der Waals surface area contributed by atoms with Crippen LogP contribution in [-0.4, -0.2) is 32.7 Å². The van der Waals surface area contributed by atoms with Gasteiger partial charge in [-0.2, -0.15) is 0 Å². The number of halogens is 2. The van der Waals surface area contributed by atoms with Crippen LogP contribution in [0.1, 0.15) is 15.9 Å². The molecule has 0 atom stereocenters. The third kappa shape index (κ3) is 3.75. The molecular formula is C16H16ClFN2O3S. The molecule has 1 N–H and O–H groups in total. The van der Waals surface area contributed by atoms with Crippen molar-refractivity contribution in [3.05, 3.63) is 58.4 Å². The van der Waals surface area contributed by atoms with Crippen LogP contribution >= 0.6 is 11.6 Å². The van der Waals surface area contributed by atoms with Gasteiger partial charge in [0, 0.05) is 19.8 Å². The first kappa shape index (κ1) is 18.4. The molecule has 0 saturated heterocycles. The Morgan fingerprint density at radius 2 is 1.83 bits per heavy atom. The fraction of sp³-hybridized carbons (Fsp3) is 0.188. The van der Waals surface area contributed by atoms with Gasteiger partial charge in [0.05, 0.1) is 15.5 Å². The predicted molar refractivity (Wildman–Crippen MR) is 91.4 cm³/mol. The van der Waals surface area contributed by atoms with Crippen molar-refractivity contribution < 1.29 is 17.6 Å². The monoisotopic (exact) mass is 370 g/mol. The van der Waals surface area contributed by atoms with E-state index in [4.69, 9.17) is 11.6 Å². The lowest BCUT2D eigenvalue weighted by Crippen LogP contribution is -2.23. The maximum atomic E-state index is 13.1. The Kier molecular flexibility index (Phi) is 5.27. The summed E-state index contributed by atoms with van der Waals surface area (Å²) in [4.78, 5) is 12.3. The molecule has 24 heavy (non-hydrogen) atoms. The lowest BCUT2D eigenvalue weighted by Gasteiger charge is -2.15. The van der Waals surface area contributed by atoms with E-state index < -0.39 is 21.7 Å². The Labute approximate surface area is 145 Å². The number of anilines is 1. The van der Waals surface area contributed by atoms with Gasteiger partial charge < -0.3 is 5.32 Å². The van der Waals surface area contributed by atoms with E-state index in [1.165, 1.54) is 26.2 Å². The van der Waals surface area contributed by atoms with Crippen molar-refractivity contribution in [3.8, 4) is 0 Å². The Balaban J connectivity index is 2.36. The van der Waals surface area contributed by atoms with Gasteiger partial charge in [-0.15, -0.1) is 0 Å². The van der Waals surface area contributed by atoms with E-state index in [0.717, 1.165) is 16.4 Å². The maximum absolute atomic E-state index is 13.1. The third-order valence-corrected chi connectivity index (χ3v) is 5.65. The number of benzene rings is 2. The third-order valence-electron chi connectivity index (χ3n) is 3.38. The molecule has 1 amide bonds. The van der Waals surface area contributed by atoms with Gasteiger partial charge in [-0.25, -0.2) is 17.1 Å². The molecule has 0 bridgehead atoms. The van der Waals surface area contributed by atoms with Gasteiger partial charge in [-0.05, 0) is 42.8 Å². The summed E-state index contributed by atoms with van der Waals surface area (Å²) in [6, 6.07) is 7.97. The lowest BCUT2D eigenvalue weighted by atomic mass is 10.2. The number of nitrogens with zero attached hydrogens (tertiary/aromatic N) is 1. The second kappa shape index (κ2) is 6.88. The van der Waals surface area contributed by atoms with Crippen molar-refractivity contribution in [3.63, 3.8) is 0 Å². The first-order valence-corrected chi connectivity index (χ1v) is 8.74. The Bertz CT molecular complexity index is 898. The lowest BCUT2D eigenvalue weighted by molar-refractivity contribution is 0.102. The Hall–Kier alpha value is -1.96. The molecule has 128 valence electrons. The highest BCUT2D eigenvalue weighted by Crippen LogP contribution is 2.24. The summed E-state index contributed by atoms with van der Waals surface area (Å²) in [5, 5.41) is 2.54. The molecular weight excluding hydrogens is 355 g/mol. The summed E-state index contributed by atoms with van der Waals surface area (Å²) in [7, 11) is -0.780. The average molecular weight is 371 g/mol. The number of carbonyl (C=O) groups is 1. The number of hydrogen-bond donors (Lipinski definition) is 1. The fourth-order valence-electron chi connectivity index (χ4n) is 2.02. The normalized spacial score (nSPS) is 11.6. The summed E-state index contributed by atoms with van der Waals surface area (Å²) >= 11 is 5.86. The zero-order valence-corrected chi connectivity index (χ0v) is 14.9. The van der Waals surface area contributed by atoms with Crippen molar-refractivity contribution in [2.24, 2.45) is 0 Å². The van der Waals surface area contributed by atoms with Crippen molar-refractivity contribution in [2.45, 2.75) is 11.8 Å². The van der Waals surface area contributed by atoms with E-state index in [1.807, 2.05) is 0 Å². The Morgan fingerprint density at radius 3 is 2.42 bits per heavy atom. The van der Waals surface area contributed by atoms with Crippen LogP contribution in [0.2, 0.25) is 5.02 Å². The average Bonchev–Trinajstić information content (AvgIpc) is 2.48. The summed E-state index contributed by atoms with van der Waals surface area (Å²) in [6.45, 7) is 1.67. The second-order valence-corrected chi connectivity index (χ2v) is 7.87. The molecule has 0 aliphatic rings. The summed E-state index contributed by atoms with van der Waals surface area (Å²) in [5.41, 5.74) is 0.948. The highest BCUT2D eigenvalue weighted by atomic mass is 35.5. The van der Waals surface area contributed by atoms with Gasteiger partial charge in [0.2, 0.25) is 10.0 Å². The van der Waals surface area contributed by atoms with Crippen molar-refractivity contribution in [1.29, 1.82) is 0 Å². The van der Waals surface area contributed by atoms with Crippen LogP contribution in [0.4, 0.5) is 10.1 Å². The number of nitrogens with one attached hydrogen (secondary N) is 1. The van der Waals surface area contributed by atoms with E-state index in [1.54, 1.807) is 19.1 Å². The maximum Gasteiger partial charge on any atom is 0.257 e. The molecule has 2 rings (SSSR count). The summed E-state index contributed by atoms with van der Waals surface area (Å²) < 4.78 is 38.8. The Morgan fingerprint density at radius 1 is 1.17 bits per heavy atom. The smallest absolute Gasteiger partial charge is 0.257 e. The zero-order valence-electron chi connectivity index (χ0n) is 13.3. The van der Waals surface area contributed by atoms with E-state index in [2.05, 4.69) is 5.32 Å². The van der Waals surface area contributed by atoms with Crippen LogP contribution in [0.5, 0.6) is 0 Å². The van der Waals surface area contributed by atoms with Crippen LogP contribution in [0, 0.1) is 12.7 Å². The molecule has 0 unspecified atom stereocenters. The topological polar surface area (TPSA) is 66.5 Å². The van der Waals surface area contributed by atoms with Gasteiger partial charge in [0.1, 0.15) is 5.82 Å². The van der Waals surface area contributed by atoms with Gasteiger partial charge in [-0.3, -0.25) is 4.79 Å². The van der Waals surface area contributed by atoms with Crippen LogP contribution < -0.4 is 5.32 Å². The molecule has 5 nitrogen and oxygen atoms in total. The second-order valence-electron chi connectivity index (χ2n) is 5.35. The molecule has 0 fully saturated rings. The molecule has 0 spiro atoms. The number of carbonyl (C=O) groups excluding carboxylic acids is 1. The quantitative estimate of drug-likeness (QED) is 0.898. The summed E-state index contributed by atoms with van der Waals surface area (Å²) in [5.74, 6) is -1.11. The van der Waals surface area contributed by atoms with E-state index in [9.17, 15) is 17.6 Å². The SMILES string of the molecule is Cc1ccc(NC(=O)c2ccc(F)cc2Cl)cc1S(=O)(=O)N(C)C. The van der Waals surface area contributed by atoms with E-state index in [0.29, 0.717) is 11.3 Å². The van der Waals surface area contributed by atoms with Gasteiger partial charge in [0.15, 0.2) is 0 Å². The standard InChI is InChI=1S/C16H16ClFN2O3S/c1-10-4-6-12(9-15(10)24(22,23)20(2)3)19-16(21)13-7-5-11(18)8-14(13)17/h4-9H,1-3H3,(H,19,21). The molecule has 2 aromatic rings. The van der Waals surface area contributed by atoms with Crippen LogP contribution in [0.25, 0.3) is 0 Å². The van der Waals surface area contributed by atoms with Crippen molar-refractivity contribution >= 4 is 33.2 Å². The van der Waals surface area contributed by atoms with Crippen LogP contribution in [0.3, 0.4) is 0 Å². The molecule has 8 heteroatoms. The minimum absolute atomic E-state index is 0.0271.